The van der Waals surface area contributed by atoms with E-state index in [2.05, 4.69) is 5.32 Å². The highest BCUT2D eigenvalue weighted by molar-refractivity contribution is 6.04. The Balaban J connectivity index is 2.15. The average molecular weight is 248 g/mol. The van der Waals surface area contributed by atoms with Crippen LogP contribution in [-0.2, 0) is 4.79 Å². The summed E-state index contributed by atoms with van der Waals surface area (Å²) in [5.74, 6) is 0.279. The molecule has 0 saturated heterocycles. The number of para-hydroxylation sites is 1. The summed E-state index contributed by atoms with van der Waals surface area (Å²) in [5, 5.41) is 2.70. The Morgan fingerprint density at radius 1 is 1.44 bits per heavy atom. The van der Waals surface area contributed by atoms with Crippen LogP contribution in [-0.4, -0.2) is 30.9 Å². The Bertz CT molecular complexity index is 459. The van der Waals surface area contributed by atoms with Crippen LogP contribution in [0.4, 0.5) is 0 Å². The Kier molecular flexibility index (Phi) is 3.94. The van der Waals surface area contributed by atoms with E-state index in [0.29, 0.717) is 24.3 Å². The van der Waals surface area contributed by atoms with Gasteiger partial charge < -0.3 is 15.8 Å². The minimum absolute atomic E-state index is 0.103. The van der Waals surface area contributed by atoms with Gasteiger partial charge in [-0.2, -0.15) is 0 Å². The number of ether oxygens (including phenoxy) is 1. The predicted molar refractivity (Wildman–Crippen MR) is 66.5 cm³/mol. The number of rotatable bonds is 3. The Hall–Kier alpha value is -1.88. The first kappa shape index (κ1) is 12.6. The third kappa shape index (κ3) is 2.68. The molecule has 1 heterocycles. The van der Waals surface area contributed by atoms with Crippen molar-refractivity contribution >= 4 is 11.7 Å². The van der Waals surface area contributed by atoms with E-state index in [-0.39, 0.29) is 24.7 Å². The minimum Gasteiger partial charge on any atom is -0.493 e. The number of hydrogen-bond donors (Lipinski definition) is 2. The maximum Gasteiger partial charge on any atom is 0.221 e. The van der Waals surface area contributed by atoms with Gasteiger partial charge in [-0.25, -0.2) is 0 Å². The summed E-state index contributed by atoms with van der Waals surface area (Å²) in [4.78, 5) is 23.7. The molecule has 5 nitrogen and oxygen atoms in total. The summed E-state index contributed by atoms with van der Waals surface area (Å²) < 4.78 is 5.49. The van der Waals surface area contributed by atoms with Gasteiger partial charge in [-0.3, -0.25) is 9.59 Å². The maximum atomic E-state index is 12.3. The van der Waals surface area contributed by atoms with Crippen LogP contribution in [0.2, 0.25) is 0 Å². The summed E-state index contributed by atoms with van der Waals surface area (Å²) in [6.07, 6.45) is 0.704. The molecule has 0 fully saturated rings. The lowest BCUT2D eigenvalue weighted by Crippen LogP contribution is -2.41. The molecule has 0 saturated carbocycles. The second-order valence-electron chi connectivity index (χ2n) is 4.16. The van der Waals surface area contributed by atoms with Crippen LogP contribution in [0.3, 0.4) is 0 Å². The van der Waals surface area contributed by atoms with Gasteiger partial charge in [0.1, 0.15) is 5.75 Å². The Morgan fingerprint density at radius 3 is 3.00 bits per heavy atom. The third-order valence-corrected chi connectivity index (χ3v) is 2.84. The standard InChI is InChI=1S/C13H16N2O3/c14-7-5-12(16)15-10-6-8-18-11-4-2-1-3-9(11)13(10)17/h1-4,10H,5-8,14H2,(H,15,16). The van der Waals surface area contributed by atoms with Gasteiger partial charge >= 0.3 is 0 Å². The van der Waals surface area contributed by atoms with Crippen molar-refractivity contribution in [2.75, 3.05) is 13.2 Å². The summed E-state index contributed by atoms with van der Waals surface area (Å²) in [6.45, 7) is 0.691. The van der Waals surface area contributed by atoms with Gasteiger partial charge in [0.15, 0.2) is 5.78 Å². The van der Waals surface area contributed by atoms with E-state index in [1.54, 1.807) is 18.2 Å². The van der Waals surface area contributed by atoms with Crippen LogP contribution in [0.5, 0.6) is 5.75 Å². The first-order valence-corrected chi connectivity index (χ1v) is 5.98. The molecule has 0 aliphatic carbocycles. The van der Waals surface area contributed by atoms with Crippen LogP contribution in [0, 0.1) is 0 Å². The van der Waals surface area contributed by atoms with Gasteiger partial charge in [-0.1, -0.05) is 12.1 Å². The van der Waals surface area contributed by atoms with Gasteiger partial charge in [0, 0.05) is 19.4 Å². The zero-order valence-corrected chi connectivity index (χ0v) is 10.0. The lowest BCUT2D eigenvalue weighted by Gasteiger charge is -2.14. The zero-order chi connectivity index (χ0) is 13.0. The van der Waals surface area contributed by atoms with Crippen molar-refractivity contribution in [2.24, 2.45) is 5.73 Å². The van der Waals surface area contributed by atoms with Crippen molar-refractivity contribution in [3.8, 4) is 5.75 Å². The van der Waals surface area contributed by atoms with Crippen LogP contribution < -0.4 is 15.8 Å². The summed E-state index contributed by atoms with van der Waals surface area (Å²) in [7, 11) is 0. The number of fused-ring (bicyclic) bond motifs is 1. The van der Waals surface area contributed by atoms with E-state index in [9.17, 15) is 9.59 Å². The van der Waals surface area contributed by atoms with Crippen molar-refractivity contribution in [3.63, 3.8) is 0 Å². The Labute approximate surface area is 105 Å². The highest BCUT2D eigenvalue weighted by Crippen LogP contribution is 2.23. The molecule has 96 valence electrons. The van der Waals surface area contributed by atoms with E-state index in [4.69, 9.17) is 10.5 Å². The lowest BCUT2D eigenvalue weighted by molar-refractivity contribution is -0.121. The second kappa shape index (κ2) is 5.64. The van der Waals surface area contributed by atoms with Gasteiger partial charge in [0.25, 0.3) is 0 Å². The molecule has 18 heavy (non-hydrogen) atoms. The number of benzene rings is 1. The predicted octanol–water partition coefficient (Wildman–Crippen LogP) is 0.485. The molecule has 0 radical (unpaired) electrons. The summed E-state index contributed by atoms with van der Waals surface area (Å²) >= 11 is 0. The zero-order valence-electron chi connectivity index (χ0n) is 10.0. The van der Waals surface area contributed by atoms with Crippen molar-refractivity contribution in [1.29, 1.82) is 0 Å². The molecular weight excluding hydrogens is 232 g/mol. The molecule has 0 bridgehead atoms. The fourth-order valence-corrected chi connectivity index (χ4v) is 1.94. The fourth-order valence-electron chi connectivity index (χ4n) is 1.94. The largest absolute Gasteiger partial charge is 0.493 e. The third-order valence-electron chi connectivity index (χ3n) is 2.84. The minimum atomic E-state index is -0.521. The van der Waals surface area contributed by atoms with Crippen LogP contribution >= 0.6 is 0 Å². The highest BCUT2D eigenvalue weighted by atomic mass is 16.5. The van der Waals surface area contributed by atoms with E-state index in [1.807, 2.05) is 6.07 Å². The molecule has 1 unspecified atom stereocenters. The van der Waals surface area contributed by atoms with Gasteiger partial charge in [0.05, 0.1) is 18.2 Å². The number of hydrogen-bond acceptors (Lipinski definition) is 4. The SMILES string of the molecule is NCCC(=O)NC1CCOc2ccccc2C1=O. The second-order valence-corrected chi connectivity index (χ2v) is 4.16. The molecule has 1 aliphatic rings. The number of amides is 1. The number of Topliss-reactive ketones (excluding diaryl/α,β-unsaturated/α-hetero) is 1. The van der Waals surface area contributed by atoms with Crippen LogP contribution in [0.15, 0.2) is 24.3 Å². The van der Waals surface area contributed by atoms with Crippen molar-refractivity contribution < 1.29 is 14.3 Å². The molecule has 1 amide bonds. The van der Waals surface area contributed by atoms with Gasteiger partial charge in [-0.15, -0.1) is 0 Å². The number of carbonyl (C=O) groups is 2. The lowest BCUT2D eigenvalue weighted by atomic mass is 10.0. The van der Waals surface area contributed by atoms with Crippen LogP contribution in [0.25, 0.3) is 0 Å². The van der Waals surface area contributed by atoms with Crippen molar-refractivity contribution in [1.82, 2.24) is 5.32 Å². The van der Waals surface area contributed by atoms with E-state index < -0.39 is 6.04 Å². The van der Waals surface area contributed by atoms with E-state index >= 15 is 0 Å². The number of carbonyl (C=O) groups excluding carboxylic acids is 2. The molecule has 1 aliphatic heterocycles. The number of ketones is 1. The Morgan fingerprint density at radius 2 is 2.22 bits per heavy atom. The molecular formula is C13H16N2O3. The molecule has 0 spiro atoms. The maximum absolute atomic E-state index is 12.3. The fraction of sp³-hybridized carbons (Fsp3) is 0.385. The molecule has 1 aromatic rings. The quantitative estimate of drug-likeness (QED) is 0.815. The number of nitrogens with two attached hydrogens (primary N) is 1. The first-order chi connectivity index (χ1) is 8.72. The van der Waals surface area contributed by atoms with Crippen LogP contribution in [0.1, 0.15) is 23.2 Å². The number of nitrogens with one attached hydrogen (secondary N) is 1. The molecule has 3 N–H and O–H groups in total. The molecule has 0 aromatic heterocycles. The monoisotopic (exact) mass is 248 g/mol. The van der Waals surface area contributed by atoms with Gasteiger partial charge in [0.2, 0.25) is 5.91 Å². The molecule has 1 aromatic carbocycles. The van der Waals surface area contributed by atoms with Crippen molar-refractivity contribution in [2.45, 2.75) is 18.9 Å². The van der Waals surface area contributed by atoms with Crippen molar-refractivity contribution in [3.05, 3.63) is 29.8 Å². The molecule has 2 rings (SSSR count). The van der Waals surface area contributed by atoms with E-state index in [1.165, 1.54) is 0 Å². The topological polar surface area (TPSA) is 81.4 Å². The summed E-state index contributed by atoms with van der Waals surface area (Å²) in [6, 6.07) is 6.55. The van der Waals surface area contributed by atoms with E-state index in [0.717, 1.165) is 0 Å². The summed E-state index contributed by atoms with van der Waals surface area (Å²) in [5.41, 5.74) is 5.83. The average Bonchev–Trinajstić information content (AvgIpc) is 2.51. The highest BCUT2D eigenvalue weighted by Gasteiger charge is 2.27. The van der Waals surface area contributed by atoms with Gasteiger partial charge in [-0.05, 0) is 12.1 Å². The first-order valence-electron chi connectivity index (χ1n) is 5.98. The molecule has 1 atom stereocenters. The normalized spacial score (nSPS) is 18.5. The smallest absolute Gasteiger partial charge is 0.221 e. The molecule has 5 heteroatoms.